The highest BCUT2D eigenvalue weighted by molar-refractivity contribution is 8.14. The summed E-state index contributed by atoms with van der Waals surface area (Å²) in [7, 11) is 0. The SMILES string of the molecule is C=CCSC1=NN2C(=c3ccccc3=N[C@@H]2c2ccc(C(C)C)cc2)C(=O)N1. The molecule has 6 heteroatoms. The minimum atomic E-state index is -0.378. The average Bonchev–Trinajstić information content (AvgIpc) is 2.71. The summed E-state index contributed by atoms with van der Waals surface area (Å²) in [6.07, 6.45) is 1.41. The van der Waals surface area contributed by atoms with Crippen LogP contribution in [0.3, 0.4) is 0 Å². The highest BCUT2D eigenvalue weighted by Crippen LogP contribution is 2.31. The summed E-state index contributed by atoms with van der Waals surface area (Å²) in [5.41, 5.74) is 2.81. The van der Waals surface area contributed by atoms with Gasteiger partial charge in [0, 0.05) is 11.0 Å². The normalized spacial score (nSPS) is 18.0. The lowest BCUT2D eigenvalue weighted by molar-refractivity contribution is -0.116. The zero-order valence-electron chi connectivity index (χ0n) is 15.9. The molecule has 0 spiro atoms. The molecule has 1 amide bonds. The number of benzene rings is 2. The summed E-state index contributed by atoms with van der Waals surface area (Å²) >= 11 is 1.45. The van der Waals surface area contributed by atoms with Crippen LogP contribution < -0.4 is 15.9 Å². The Balaban J connectivity index is 1.85. The lowest BCUT2D eigenvalue weighted by Crippen LogP contribution is -2.50. The molecule has 142 valence electrons. The highest BCUT2D eigenvalue weighted by Gasteiger charge is 2.34. The summed E-state index contributed by atoms with van der Waals surface area (Å²) in [6, 6.07) is 16.1. The van der Waals surface area contributed by atoms with Crippen molar-refractivity contribution in [2.75, 3.05) is 5.75 Å². The van der Waals surface area contributed by atoms with Crippen LogP contribution in [0, 0.1) is 0 Å². The first-order chi connectivity index (χ1) is 13.6. The topological polar surface area (TPSA) is 57.1 Å². The molecule has 0 aromatic heterocycles. The molecular formula is C22H22N4OS. The lowest BCUT2D eigenvalue weighted by Gasteiger charge is -2.34. The predicted octanol–water partition coefficient (Wildman–Crippen LogP) is 2.87. The van der Waals surface area contributed by atoms with E-state index in [4.69, 9.17) is 10.1 Å². The van der Waals surface area contributed by atoms with Crippen LogP contribution in [0.15, 0.2) is 71.3 Å². The molecule has 0 radical (unpaired) electrons. The van der Waals surface area contributed by atoms with E-state index >= 15 is 0 Å². The number of nitrogens with zero attached hydrogens (tertiary/aromatic N) is 3. The first-order valence-electron chi connectivity index (χ1n) is 9.28. The average molecular weight is 391 g/mol. The Hall–Kier alpha value is -2.86. The molecule has 2 aliphatic heterocycles. The van der Waals surface area contributed by atoms with Gasteiger partial charge in [0.25, 0.3) is 5.91 Å². The highest BCUT2D eigenvalue weighted by atomic mass is 32.2. The summed E-state index contributed by atoms with van der Waals surface area (Å²) in [4.78, 5) is 17.8. The largest absolute Gasteiger partial charge is 0.298 e. The Bertz CT molecular complexity index is 1070. The second-order valence-electron chi connectivity index (χ2n) is 6.99. The van der Waals surface area contributed by atoms with Gasteiger partial charge in [-0.15, -0.1) is 11.7 Å². The number of rotatable bonds is 4. The Kier molecular flexibility index (Phi) is 5.05. The summed E-state index contributed by atoms with van der Waals surface area (Å²) in [5.74, 6) is 0.970. The van der Waals surface area contributed by atoms with Gasteiger partial charge in [-0.3, -0.25) is 15.1 Å². The maximum absolute atomic E-state index is 12.9. The van der Waals surface area contributed by atoms with Gasteiger partial charge in [0.15, 0.2) is 11.3 Å². The van der Waals surface area contributed by atoms with Gasteiger partial charge in [-0.2, -0.15) is 0 Å². The molecule has 0 saturated carbocycles. The van der Waals surface area contributed by atoms with Crippen molar-refractivity contribution in [3.8, 4) is 0 Å². The van der Waals surface area contributed by atoms with Crippen molar-refractivity contribution >= 4 is 28.5 Å². The molecule has 2 heterocycles. The molecule has 5 nitrogen and oxygen atoms in total. The third kappa shape index (κ3) is 3.36. The smallest absolute Gasteiger partial charge is 0.276 e. The molecule has 0 fully saturated rings. The van der Waals surface area contributed by atoms with Gasteiger partial charge in [-0.25, -0.2) is 5.01 Å². The third-order valence-corrected chi connectivity index (χ3v) is 5.61. The van der Waals surface area contributed by atoms with Crippen molar-refractivity contribution in [2.45, 2.75) is 25.9 Å². The molecule has 0 unspecified atom stereocenters. The van der Waals surface area contributed by atoms with Crippen LogP contribution in [-0.4, -0.2) is 21.8 Å². The van der Waals surface area contributed by atoms with E-state index in [9.17, 15) is 4.79 Å². The van der Waals surface area contributed by atoms with Gasteiger partial charge in [0.2, 0.25) is 0 Å². The molecule has 0 aliphatic carbocycles. The van der Waals surface area contributed by atoms with E-state index in [2.05, 4.69) is 50.0 Å². The van der Waals surface area contributed by atoms with E-state index in [1.54, 1.807) is 11.1 Å². The monoisotopic (exact) mass is 390 g/mol. The van der Waals surface area contributed by atoms with Crippen molar-refractivity contribution < 1.29 is 4.79 Å². The number of thioether (sulfide) groups is 1. The molecule has 1 N–H and O–H groups in total. The number of nitrogens with one attached hydrogen (secondary N) is 1. The molecule has 0 saturated heterocycles. The van der Waals surface area contributed by atoms with Gasteiger partial charge < -0.3 is 0 Å². The van der Waals surface area contributed by atoms with E-state index in [-0.39, 0.29) is 12.1 Å². The number of fused-ring (bicyclic) bond motifs is 2. The van der Waals surface area contributed by atoms with Crippen LogP contribution in [0.2, 0.25) is 0 Å². The van der Waals surface area contributed by atoms with Gasteiger partial charge in [0.05, 0.1) is 5.36 Å². The van der Waals surface area contributed by atoms with E-state index in [0.29, 0.717) is 22.5 Å². The number of para-hydroxylation sites is 1. The maximum Gasteiger partial charge on any atom is 0.276 e. The minimum Gasteiger partial charge on any atom is -0.298 e. The zero-order chi connectivity index (χ0) is 19.7. The molecule has 2 aliphatic rings. The molecule has 2 aromatic carbocycles. The van der Waals surface area contributed by atoms with E-state index in [1.807, 2.05) is 24.3 Å². The number of amidine groups is 1. The maximum atomic E-state index is 12.9. The van der Waals surface area contributed by atoms with Gasteiger partial charge in [0.1, 0.15) is 5.70 Å². The standard InChI is InChI=1S/C22H22N4OS/c1-4-13-28-22-24-21(27)19-17-7-5-6-8-18(17)23-20(26(19)25-22)16-11-9-15(10-12-16)14(2)3/h4-12,14,20H,1,13H2,2-3H3,(H,24,25,27)/t20-/m0/s1. The molecule has 28 heavy (non-hydrogen) atoms. The minimum absolute atomic E-state index is 0.160. The summed E-state index contributed by atoms with van der Waals surface area (Å²) in [5, 5.41) is 11.5. The number of amides is 1. The van der Waals surface area contributed by atoms with Crippen LogP contribution >= 0.6 is 11.8 Å². The van der Waals surface area contributed by atoms with E-state index in [1.165, 1.54) is 17.3 Å². The van der Waals surface area contributed by atoms with Crippen molar-refractivity contribution in [2.24, 2.45) is 10.1 Å². The molecule has 1 atom stereocenters. The predicted molar refractivity (Wildman–Crippen MR) is 114 cm³/mol. The molecule has 2 aromatic rings. The Morgan fingerprint density at radius 1 is 1.21 bits per heavy atom. The molecule has 0 bridgehead atoms. The second-order valence-corrected chi connectivity index (χ2v) is 8.00. The van der Waals surface area contributed by atoms with Crippen LogP contribution in [0.1, 0.15) is 37.1 Å². The number of hydrogen-bond donors (Lipinski definition) is 1. The van der Waals surface area contributed by atoms with E-state index < -0.39 is 0 Å². The quantitative estimate of drug-likeness (QED) is 0.817. The second kappa shape index (κ2) is 7.64. The number of hydrazone groups is 1. The van der Waals surface area contributed by atoms with Crippen LogP contribution in [-0.2, 0) is 4.79 Å². The van der Waals surface area contributed by atoms with Crippen LogP contribution in [0.25, 0.3) is 5.70 Å². The fourth-order valence-electron chi connectivity index (χ4n) is 3.30. The van der Waals surface area contributed by atoms with E-state index in [0.717, 1.165) is 16.1 Å². The number of carbonyl (C=O) groups is 1. The van der Waals surface area contributed by atoms with Crippen LogP contribution in [0.4, 0.5) is 0 Å². The summed E-state index contributed by atoms with van der Waals surface area (Å²) < 4.78 is 0. The first kappa shape index (κ1) is 18.5. The van der Waals surface area contributed by atoms with Crippen molar-refractivity contribution in [3.63, 3.8) is 0 Å². The van der Waals surface area contributed by atoms with Crippen LogP contribution in [0.5, 0.6) is 0 Å². The number of carbonyl (C=O) groups excluding carboxylic acids is 1. The summed E-state index contributed by atoms with van der Waals surface area (Å²) in [6.45, 7) is 8.08. The molecular weight excluding hydrogens is 368 g/mol. The zero-order valence-corrected chi connectivity index (χ0v) is 16.7. The molecule has 4 rings (SSSR count). The van der Waals surface area contributed by atoms with Crippen molar-refractivity contribution in [3.05, 3.63) is 82.9 Å². The fraction of sp³-hybridized carbons (Fsp3) is 0.227. The van der Waals surface area contributed by atoms with Crippen molar-refractivity contribution in [1.82, 2.24) is 10.3 Å². The van der Waals surface area contributed by atoms with Gasteiger partial charge in [-0.1, -0.05) is 74.1 Å². The lowest BCUT2D eigenvalue weighted by atomic mass is 10.0. The fourth-order valence-corrected chi connectivity index (χ4v) is 3.89. The van der Waals surface area contributed by atoms with Gasteiger partial charge >= 0.3 is 0 Å². The first-order valence-corrected chi connectivity index (χ1v) is 10.3. The van der Waals surface area contributed by atoms with Crippen molar-refractivity contribution in [1.29, 1.82) is 0 Å². The van der Waals surface area contributed by atoms with Gasteiger partial charge in [-0.05, 0) is 23.1 Å². The Morgan fingerprint density at radius 3 is 2.68 bits per heavy atom. The third-order valence-electron chi connectivity index (χ3n) is 4.75. The Morgan fingerprint density at radius 2 is 1.96 bits per heavy atom. The Labute approximate surface area is 168 Å². The number of hydrogen-bond acceptors (Lipinski definition) is 5.